The van der Waals surface area contributed by atoms with Crippen LogP contribution in [0.1, 0.15) is 0 Å². The molecule has 1 N–H and O–H groups in total. The Labute approximate surface area is 176 Å². The van der Waals surface area contributed by atoms with Gasteiger partial charge in [-0.3, -0.25) is 14.1 Å². The minimum Gasteiger partial charge on any atom is -0.495 e. The van der Waals surface area contributed by atoms with Gasteiger partial charge in [-0.05, 0) is 30.3 Å². The summed E-state index contributed by atoms with van der Waals surface area (Å²) >= 11 is 12.3. The van der Waals surface area contributed by atoms with Gasteiger partial charge in [0, 0.05) is 10.8 Å². The first kappa shape index (κ1) is 19.6. The Hall–Kier alpha value is -2.74. The van der Waals surface area contributed by atoms with Crippen LogP contribution < -0.4 is 9.46 Å². The number of hydrogen-bond acceptors (Lipinski definition) is 4. The maximum absolute atomic E-state index is 13.3. The average molecular weight is 449 g/mol. The summed E-state index contributed by atoms with van der Waals surface area (Å²) in [5, 5.41) is 1.30. The zero-order chi connectivity index (χ0) is 20.8. The van der Waals surface area contributed by atoms with E-state index in [0.717, 1.165) is 0 Å². The Morgan fingerprint density at radius 1 is 1.00 bits per heavy atom. The number of anilines is 1. The normalized spacial score (nSPS) is 11.7. The molecule has 6 nitrogen and oxygen atoms in total. The third kappa shape index (κ3) is 3.11. The quantitative estimate of drug-likeness (QED) is 0.438. The molecule has 148 valence electrons. The molecule has 1 aromatic heterocycles. The number of carbonyl (C=O) groups is 1. The number of carbonyl (C=O) groups excluding carboxylic acids is 1. The van der Waals surface area contributed by atoms with Crippen molar-refractivity contribution in [1.82, 2.24) is 4.57 Å². The van der Waals surface area contributed by atoms with E-state index in [9.17, 15) is 13.2 Å². The molecule has 4 rings (SSSR count). The third-order valence-electron chi connectivity index (χ3n) is 4.59. The Balaban J connectivity index is 2.06. The molecule has 0 aliphatic heterocycles. The van der Waals surface area contributed by atoms with Crippen LogP contribution in [0.15, 0.2) is 59.5 Å². The molecule has 0 saturated carbocycles. The topological polar surface area (TPSA) is 77.4 Å². The second kappa shape index (κ2) is 7.26. The summed E-state index contributed by atoms with van der Waals surface area (Å²) in [4.78, 5) is 11.8. The van der Waals surface area contributed by atoms with Crippen molar-refractivity contribution >= 4 is 67.1 Å². The fraction of sp³-hybridized carbons (Fsp3) is 0.0500. The number of benzene rings is 3. The van der Waals surface area contributed by atoms with Gasteiger partial charge in [0.25, 0.3) is 10.0 Å². The number of hydrogen-bond donors (Lipinski definition) is 1. The molecular formula is C20H14Cl2N2O4S. The lowest BCUT2D eigenvalue weighted by molar-refractivity contribution is 0.418. The van der Waals surface area contributed by atoms with Gasteiger partial charge in [0.15, 0.2) is 0 Å². The van der Waals surface area contributed by atoms with E-state index in [2.05, 4.69) is 4.72 Å². The summed E-state index contributed by atoms with van der Waals surface area (Å²) in [6.07, 6.45) is 0.627. The maximum atomic E-state index is 13.3. The Morgan fingerprint density at radius 2 is 1.69 bits per heavy atom. The summed E-state index contributed by atoms with van der Waals surface area (Å²) in [7, 11) is -2.64. The van der Waals surface area contributed by atoms with Crippen molar-refractivity contribution < 1.29 is 17.9 Å². The molecule has 0 aliphatic carbocycles. The molecule has 0 fully saturated rings. The lowest BCUT2D eigenvalue weighted by Gasteiger charge is -2.13. The van der Waals surface area contributed by atoms with E-state index in [1.54, 1.807) is 30.3 Å². The molecular weight excluding hydrogens is 435 g/mol. The van der Waals surface area contributed by atoms with Crippen LogP contribution in [0.4, 0.5) is 5.69 Å². The highest BCUT2D eigenvalue weighted by Gasteiger charge is 2.26. The molecule has 4 aromatic rings. The van der Waals surface area contributed by atoms with Crippen molar-refractivity contribution in [3.63, 3.8) is 0 Å². The molecule has 0 radical (unpaired) electrons. The lowest BCUT2D eigenvalue weighted by atomic mass is 10.1. The minimum atomic E-state index is -4.10. The van der Waals surface area contributed by atoms with Crippen molar-refractivity contribution in [2.75, 3.05) is 11.8 Å². The van der Waals surface area contributed by atoms with Crippen LogP contribution in [0.5, 0.6) is 5.75 Å². The smallest absolute Gasteiger partial charge is 0.262 e. The number of aromatic nitrogens is 1. The first-order chi connectivity index (χ1) is 13.9. The summed E-state index contributed by atoms with van der Waals surface area (Å²) in [6.45, 7) is 0. The summed E-state index contributed by atoms with van der Waals surface area (Å²) in [6, 6.07) is 14.6. The third-order valence-corrected chi connectivity index (χ3v) is 6.61. The van der Waals surface area contributed by atoms with Crippen LogP contribution >= 0.6 is 23.2 Å². The Morgan fingerprint density at radius 3 is 2.34 bits per heavy atom. The van der Waals surface area contributed by atoms with Crippen molar-refractivity contribution in [2.24, 2.45) is 0 Å². The van der Waals surface area contributed by atoms with E-state index in [1.807, 2.05) is 0 Å². The molecule has 0 saturated heterocycles. The van der Waals surface area contributed by atoms with Gasteiger partial charge >= 0.3 is 0 Å². The molecule has 3 aromatic carbocycles. The predicted octanol–water partition coefficient (Wildman–Crippen LogP) is 4.95. The Bertz CT molecular complexity index is 1360. The van der Waals surface area contributed by atoms with Crippen molar-refractivity contribution in [2.45, 2.75) is 4.90 Å². The number of nitrogens with zero attached hydrogens (tertiary/aromatic N) is 1. The predicted molar refractivity (Wildman–Crippen MR) is 115 cm³/mol. The van der Waals surface area contributed by atoms with Crippen LogP contribution in [-0.4, -0.2) is 26.5 Å². The van der Waals surface area contributed by atoms with Crippen LogP contribution in [0.25, 0.3) is 21.8 Å². The van der Waals surface area contributed by atoms with Gasteiger partial charge in [-0.25, -0.2) is 8.42 Å². The standard InChI is InChI=1S/C20H14Cl2N2O4S/c1-28-16-9-10-17(29(26,27)23-19-13(21)6-4-7-14(19)22)18-12-5-2-3-8-15(12)24(11-25)20(16)18/h2-11,23H,1H3. The van der Waals surface area contributed by atoms with Crippen LogP contribution in [0.2, 0.25) is 10.0 Å². The minimum absolute atomic E-state index is 0.0268. The summed E-state index contributed by atoms with van der Waals surface area (Å²) in [5.41, 5.74) is 1.00. The summed E-state index contributed by atoms with van der Waals surface area (Å²) in [5.74, 6) is 0.373. The van der Waals surface area contributed by atoms with Crippen molar-refractivity contribution in [3.05, 3.63) is 64.6 Å². The van der Waals surface area contributed by atoms with Gasteiger partial charge in [-0.15, -0.1) is 0 Å². The van der Waals surface area contributed by atoms with Gasteiger partial charge in [-0.2, -0.15) is 0 Å². The summed E-state index contributed by atoms with van der Waals surface area (Å²) < 4.78 is 35.8. The number of ether oxygens (including phenoxy) is 1. The molecule has 0 atom stereocenters. The zero-order valence-electron chi connectivity index (χ0n) is 15.0. The largest absolute Gasteiger partial charge is 0.495 e. The molecule has 0 aliphatic rings. The second-order valence-electron chi connectivity index (χ2n) is 6.18. The SMILES string of the molecule is COc1ccc(S(=O)(=O)Nc2c(Cl)cccc2Cl)c2c3ccccc3n(C=O)c12. The van der Waals surface area contributed by atoms with E-state index in [0.29, 0.717) is 34.0 Å². The molecule has 0 bridgehead atoms. The fourth-order valence-electron chi connectivity index (χ4n) is 3.35. The first-order valence-corrected chi connectivity index (χ1v) is 10.6. The highest BCUT2D eigenvalue weighted by Crippen LogP contribution is 2.40. The molecule has 0 unspecified atom stereocenters. The zero-order valence-corrected chi connectivity index (χ0v) is 17.3. The number of nitrogens with one attached hydrogen (secondary N) is 1. The van der Waals surface area contributed by atoms with E-state index in [4.69, 9.17) is 27.9 Å². The lowest BCUT2D eigenvalue weighted by Crippen LogP contribution is -2.14. The number of rotatable bonds is 5. The van der Waals surface area contributed by atoms with Gasteiger partial charge in [0.1, 0.15) is 5.75 Å². The molecule has 9 heteroatoms. The maximum Gasteiger partial charge on any atom is 0.262 e. The molecule has 0 spiro atoms. The highest BCUT2D eigenvalue weighted by atomic mass is 35.5. The van der Waals surface area contributed by atoms with Crippen molar-refractivity contribution in [3.8, 4) is 5.75 Å². The number of para-hydroxylation sites is 2. The van der Waals surface area contributed by atoms with Gasteiger partial charge in [0.05, 0.1) is 38.8 Å². The van der Waals surface area contributed by atoms with E-state index >= 15 is 0 Å². The van der Waals surface area contributed by atoms with Gasteiger partial charge in [-0.1, -0.05) is 47.5 Å². The van der Waals surface area contributed by atoms with Crippen molar-refractivity contribution in [1.29, 1.82) is 0 Å². The van der Waals surface area contributed by atoms with Gasteiger partial charge in [0.2, 0.25) is 6.41 Å². The van der Waals surface area contributed by atoms with E-state index in [1.165, 1.54) is 35.9 Å². The number of methoxy groups -OCH3 is 1. The fourth-order valence-corrected chi connectivity index (χ4v) is 5.28. The van der Waals surface area contributed by atoms with Crippen LogP contribution in [0, 0.1) is 0 Å². The average Bonchev–Trinajstić information content (AvgIpc) is 3.04. The van der Waals surface area contributed by atoms with Crippen LogP contribution in [-0.2, 0) is 14.8 Å². The molecule has 0 amide bonds. The second-order valence-corrected chi connectivity index (χ2v) is 8.65. The number of halogens is 2. The Kier molecular flexibility index (Phi) is 4.90. The number of sulfonamides is 1. The molecule has 1 heterocycles. The number of fused-ring (bicyclic) bond motifs is 3. The first-order valence-electron chi connectivity index (χ1n) is 8.41. The molecule has 29 heavy (non-hydrogen) atoms. The van der Waals surface area contributed by atoms with Crippen LogP contribution in [0.3, 0.4) is 0 Å². The van der Waals surface area contributed by atoms with Gasteiger partial charge < -0.3 is 4.74 Å². The van der Waals surface area contributed by atoms with E-state index < -0.39 is 10.0 Å². The van der Waals surface area contributed by atoms with E-state index in [-0.39, 0.29) is 20.6 Å². The highest BCUT2D eigenvalue weighted by molar-refractivity contribution is 7.93. The monoisotopic (exact) mass is 448 g/mol.